The molecule has 0 aliphatic carbocycles. The van der Waals surface area contributed by atoms with Gasteiger partial charge in [0, 0.05) is 65.5 Å². The third-order valence-corrected chi connectivity index (χ3v) is 7.70. The number of hydrogen-bond donors (Lipinski definition) is 1. The third kappa shape index (κ3) is 6.21. The maximum Gasteiger partial charge on any atom is 0.220 e. The zero-order valence-electron chi connectivity index (χ0n) is 18.3. The van der Waals surface area contributed by atoms with Gasteiger partial charge in [-0.1, -0.05) is 29.4 Å². The van der Waals surface area contributed by atoms with Gasteiger partial charge in [0.25, 0.3) is 0 Å². The largest absolute Gasteiger partial charge is 0.364 e. The van der Waals surface area contributed by atoms with E-state index in [0.717, 1.165) is 38.6 Å². The third-order valence-electron chi connectivity index (χ3n) is 5.89. The Bertz CT molecular complexity index is 991. The normalized spacial score (nSPS) is 18.2. The van der Waals surface area contributed by atoms with Gasteiger partial charge in [-0.05, 0) is 17.5 Å². The van der Waals surface area contributed by atoms with Crippen molar-refractivity contribution >= 4 is 40.0 Å². The van der Waals surface area contributed by atoms with E-state index >= 15 is 0 Å². The number of aromatic nitrogens is 1. The van der Waals surface area contributed by atoms with Gasteiger partial charge in [0.15, 0.2) is 5.96 Å². The molecule has 0 unspecified atom stereocenters. The number of piperazine rings is 1. The summed E-state index contributed by atoms with van der Waals surface area (Å²) in [5.41, 5.74) is 3.31. The Hall–Kier alpha value is -1.70. The van der Waals surface area contributed by atoms with E-state index in [0.29, 0.717) is 31.9 Å². The van der Waals surface area contributed by atoms with Crippen LogP contribution in [-0.4, -0.2) is 86.5 Å². The summed E-state index contributed by atoms with van der Waals surface area (Å²) in [5, 5.41) is 7.16. The van der Waals surface area contributed by atoms with Crippen molar-refractivity contribution in [2.45, 2.75) is 18.7 Å². The molecule has 0 bridgehead atoms. The smallest absolute Gasteiger partial charge is 0.220 e. The molecule has 32 heavy (non-hydrogen) atoms. The van der Waals surface area contributed by atoms with Gasteiger partial charge < -0.3 is 14.7 Å². The van der Waals surface area contributed by atoms with Crippen molar-refractivity contribution in [2.75, 3.05) is 52.9 Å². The highest BCUT2D eigenvalue weighted by atomic mass is 127. The van der Waals surface area contributed by atoms with Crippen LogP contribution in [0.1, 0.15) is 16.8 Å². The Kier molecular flexibility index (Phi) is 8.91. The molecule has 0 saturated carbocycles. The van der Waals surface area contributed by atoms with Crippen LogP contribution >= 0.6 is 24.0 Å². The van der Waals surface area contributed by atoms with Crippen LogP contribution in [0.3, 0.4) is 0 Å². The monoisotopic (exact) mass is 574 g/mol. The Balaban J connectivity index is 0.00000289. The highest BCUT2D eigenvalue weighted by molar-refractivity contribution is 14.0. The van der Waals surface area contributed by atoms with Crippen molar-refractivity contribution in [2.24, 2.45) is 4.99 Å². The number of guanidine groups is 1. The van der Waals surface area contributed by atoms with Crippen molar-refractivity contribution in [3.8, 4) is 0 Å². The van der Waals surface area contributed by atoms with Gasteiger partial charge in [0.1, 0.15) is 12.0 Å². The van der Waals surface area contributed by atoms with Crippen molar-refractivity contribution in [1.29, 1.82) is 0 Å². The van der Waals surface area contributed by atoms with Crippen LogP contribution in [0.15, 0.2) is 46.1 Å². The lowest BCUT2D eigenvalue weighted by Gasteiger charge is -2.36. The maximum atomic E-state index is 12.6. The highest BCUT2D eigenvalue weighted by Crippen LogP contribution is 2.18. The Morgan fingerprint density at radius 2 is 1.88 bits per heavy atom. The van der Waals surface area contributed by atoms with Crippen LogP contribution in [-0.2, 0) is 28.7 Å². The number of benzene rings is 1. The van der Waals surface area contributed by atoms with Crippen molar-refractivity contribution in [1.82, 2.24) is 24.6 Å². The number of nitrogens with zero attached hydrogens (tertiary/aromatic N) is 5. The zero-order valence-corrected chi connectivity index (χ0v) is 21.5. The lowest BCUT2D eigenvalue weighted by atomic mass is 10.00. The van der Waals surface area contributed by atoms with Crippen LogP contribution in [0.25, 0.3) is 0 Å². The minimum Gasteiger partial charge on any atom is -0.364 e. The van der Waals surface area contributed by atoms with Crippen LogP contribution in [0.2, 0.25) is 0 Å². The Labute approximate surface area is 206 Å². The van der Waals surface area contributed by atoms with Gasteiger partial charge in [-0.25, -0.2) is 8.42 Å². The van der Waals surface area contributed by atoms with E-state index in [9.17, 15) is 8.42 Å². The maximum absolute atomic E-state index is 12.6. The van der Waals surface area contributed by atoms with Crippen LogP contribution in [0.4, 0.5) is 0 Å². The molecule has 2 aromatic rings. The van der Waals surface area contributed by atoms with Crippen molar-refractivity contribution in [3.05, 3.63) is 53.4 Å². The van der Waals surface area contributed by atoms with Gasteiger partial charge in [0.05, 0.1) is 5.69 Å². The fraction of sp³-hybridized carbons (Fsp3) is 0.524. The fourth-order valence-corrected chi connectivity index (χ4v) is 5.60. The van der Waals surface area contributed by atoms with Crippen LogP contribution in [0, 0.1) is 0 Å². The highest BCUT2D eigenvalue weighted by Gasteiger charge is 2.29. The summed E-state index contributed by atoms with van der Waals surface area (Å²) >= 11 is 0. The van der Waals surface area contributed by atoms with Crippen molar-refractivity contribution < 1.29 is 12.9 Å². The fourth-order valence-electron chi connectivity index (χ4n) is 4.17. The molecule has 11 heteroatoms. The summed E-state index contributed by atoms with van der Waals surface area (Å²) in [6.07, 6.45) is 2.48. The lowest BCUT2D eigenvalue weighted by Crippen LogP contribution is -2.54. The zero-order chi connectivity index (χ0) is 21.7. The molecule has 0 spiro atoms. The van der Waals surface area contributed by atoms with Gasteiger partial charge in [-0.3, -0.25) is 9.89 Å². The minimum absolute atomic E-state index is 0. The molecular formula is C21H31IN6O3S. The predicted octanol–water partition coefficient (Wildman–Crippen LogP) is 1.37. The number of fused-ring (bicyclic) bond motifs is 1. The number of aliphatic imine (C=N–C) groups is 1. The quantitative estimate of drug-likeness (QED) is 0.317. The van der Waals surface area contributed by atoms with Gasteiger partial charge in [-0.15, -0.1) is 24.0 Å². The molecular weight excluding hydrogens is 543 g/mol. The van der Waals surface area contributed by atoms with Gasteiger partial charge in [0.2, 0.25) is 10.0 Å². The average molecular weight is 574 g/mol. The first-order valence-electron chi connectivity index (χ1n) is 10.7. The SMILES string of the molecule is CN=C(NCCN1CCc2ccccc2C1)N1CCN(S(=O)(=O)Cc2ccon2)CC1.I. The first kappa shape index (κ1) is 24.9. The minimum atomic E-state index is -3.40. The molecule has 1 fully saturated rings. The molecule has 9 nitrogen and oxygen atoms in total. The molecule has 2 aliphatic heterocycles. The van der Waals surface area contributed by atoms with E-state index in [2.05, 4.69) is 49.5 Å². The summed E-state index contributed by atoms with van der Waals surface area (Å²) in [5.74, 6) is 0.695. The molecule has 1 saturated heterocycles. The molecule has 0 atom stereocenters. The molecule has 1 aromatic carbocycles. The second-order valence-corrected chi connectivity index (χ2v) is 9.87. The molecule has 0 radical (unpaired) electrons. The first-order valence-corrected chi connectivity index (χ1v) is 12.3. The number of nitrogens with one attached hydrogen (secondary N) is 1. The first-order chi connectivity index (χ1) is 15.0. The summed E-state index contributed by atoms with van der Waals surface area (Å²) in [4.78, 5) is 8.97. The molecule has 1 N–H and O–H groups in total. The number of rotatable bonds is 6. The van der Waals surface area contributed by atoms with E-state index in [1.165, 1.54) is 21.7 Å². The van der Waals surface area contributed by atoms with Gasteiger partial charge in [-0.2, -0.15) is 4.31 Å². The average Bonchev–Trinajstić information content (AvgIpc) is 3.29. The van der Waals surface area contributed by atoms with Gasteiger partial charge >= 0.3 is 0 Å². The molecule has 176 valence electrons. The summed E-state index contributed by atoms with van der Waals surface area (Å²) < 4.78 is 31.5. The van der Waals surface area contributed by atoms with Crippen LogP contribution in [0.5, 0.6) is 0 Å². The summed E-state index contributed by atoms with van der Waals surface area (Å²) in [6.45, 7) is 5.88. The predicted molar refractivity (Wildman–Crippen MR) is 134 cm³/mol. The number of hydrogen-bond acceptors (Lipinski definition) is 6. The molecule has 2 aliphatic rings. The summed E-state index contributed by atoms with van der Waals surface area (Å²) in [7, 11) is -1.63. The van der Waals surface area contributed by atoms with E-state index in [-0.39, 0.29) is 29.7 Å². The van der Waals surface area contributed by atoms with Crippen LogP contribution < -0.4 is 5.32 Å². The second kappa shape index (κ2) is 11.4. The van der Waals surface area contributed by atoms with E-state index in [1.54, 1.807) is 13.1 Å². The van der Waals surface area contributed by atoms with E-state index in [4.69, 9.17) is 4.52 Å². The molecule has 0 amide bonds. The Morgan fingerprint density at radius 3 is 2.56 bits per heavy atom. The van der Waals surface area contributed by atoms with Crippen molar-refractivity contribution in [3.63, 3.8) is 0 Å². The summed E-state index contributed by atoms with van der Waals surface area (Å²) in [6, 6.07) is 10.2. The van der Waals surface area contributed by atoms with E-state index < -0.39 is 10.0 Å². The molecule has 3 heterocycles. The van der Waals surface area contributed by atoms with E-state index in [1.807, 2.05) is 0 Å². The molecule has 4 rings (SSSR count). The topological polar surface area (TPSA) is 94.3 Å². The molecule has 1 aromatic heterocycles. The second-order valence-electron chi connectivity index (χ2n) is 7.90. The lowest BCUT2D eigenvalue weighted by molar-refractivity contribution is 0.247. The Morgan fingerprint density at radius 1 is 1.12 bits per heavy atom. The standard InChI is InChI=1S/C21H30N6O3S.HI/c1-22-21(23-8-10-25-9-6-18-4-2-3-5-19(18)16-25)26-11-13-27(14-12-26)31(28,29)17-20-7-15-30-24-20;/h2-5,7,15H,6,8-14,16-17H2,1H3,(H,22,23);1H. The number of halogens is 1. The number of sulfonamides is 1.